The zero-order valence-electron chi connectivity index (χ0n) is 8.44. The molecule has 15 heavy (non-hydrogen) atoms. The highest BCUT2D eigenvalue weighted by molar-refractivity contribution is 5.48. The first-order valence-corrected chi connectivity index (χ1v) is 4.98. The van der Waals surface area contributed by atoms with Crippen LogP contribution in [0.25, 0.3) is 0 Å². The van der Waals surface area contributed by atoms with Crippen LogP contribution < -0.4 is 16.8 Å². The van der Waals surface area contributed by atoms with Gasteiger partial charge < -0.3 is 21.5 Å². The molecule has 0 aromatic carbocycles. The van der Waals surface area contributed by atoms with Crippen molar-refractivity contribution in [1.82, 2.24) is 9.97 Å². The molecule has 0 atom stereocenters. The van der Waals surface area contributed by atoms with Gasteiger partial charge in [-0.3, -0.25) is 0 Å². The van der Waals surface area contributed by atoms with Gasteiger partial charge in [-0.05, 0) is 12.8 Å². The standard InChI is InChI=1S/C9H15N5O/c10-7-5-8(14-9(11)13-7)12-6-1-3-15-4-2-6/h5-6H,1-4H2,(H5,10,11,12,13,14). The van der Waals surface area contributed by atoms with Crippen molar-refractivity contribution in [2.45, 2.75) is 18.9 Å². The third kappa shape index (κ3) is 2.69. The molecule has 6 nitrogen and oxygen atoms in total. The first-order chi connectivity index (χ1) is 7.24. The summed E-state index contributed by atoms with van der Waals surface area (Å²) in [5, 5.41) is 3.27. The van der Waals surface area contributed by atoms with Crippen LogP contribution >= 0.6 is 0 Å². The van der Waals surface area contributed by atoms with Gasteiger partial charge in [0.2, 0.25) is 5.95 Å². The fraction of sp³-hybridized carbons (Fsp3) is 0.556. The summed E-state index contributed by atoms with van der Waals surface area (Å²) in [5.74, 6) is 1.27. The number of rotatable bonds is 2. The van der Waals surface area contributed by atoms with Gasteiger partial charge in [-0.2, -0.15) is 9.97 Å². The van der Waals surface area contributed by atoms with Crippen LogP contribution in [-0.4, -0.2) is 29.2 Å². The summed E-state index contributed by atoms with van der Waals surface area (Å²) in [6, 6.07) is 2.07. The van der Waals surface area contributed by atoms with E-state index in [1.54, 1.807) is 6.07 Å². The predicted molar refractivity (Wildman–Crippen MR) is 58.3 cm³/mol. The van der Waals surface area contributed by atoms with Gasteiger partial charge in [-0.15, -0.1) is 0 Å². The van der Waals surface area contributed by atoms with Crippen molar-refractivity contribution in [2.75, 3.05) is 30.0 Å². The van der Waals surface area contributed by atoms with Crippen molar-refractivity contribution in [1.29, 1.82) is 0 Å². The molecule has 1 aromatic heterocycles. The Morgan fingerprint density at radius 1 is 1.27 bits per heavy atom. The molecule has 2 heterocycles. The maximum Gasteiger partial charge on any atom is 0.223 e. The molecule has 0 aliphatic carbocycles. The van der Waals surface area contributed by atoms with Gasteiger partial charge in [0.05, 0.1) is 0 Å². The van der Waals surface area contributed by atoms with Gasteiger partial charge in [0.1, 0.15) is 11.6 Å². The number of nitrogens with two attached hydrogens (primary N) is 2. The van der Waals surface area contributed by atoms with Gasteiger partial charge in [0, 0.05) is 25.3 Å². The Morgan fingerprint density at radius 2 is 2.00 bits per heavy atom. The second kappa shape index (κ2) is 4.31. The Hall–Kier alpha value is -1.56. The lowest BCUT2D eigenvalue weighted by Gasteiger charge is -2.23. The molecule has 6 heteroatoms. The molecule has 1 aliphatic rings. The third-order valence-electron chi connectivity index (χ3n) is 2.34. The van der Waals surface area contributed by atoms with E-state index < -0.39 is 0 Å². The largest absolute Gasteiger partial charge is 0.383 e. The van der Waals surface area contributed by atoms with Gasteiger partial charge in [-0.25, -0.2) is 0 Å². The number of anilines is 3. The van der Waals surface area contributed by atoms with Crippen LogP contribution in [-0.2, 0) is 4.74 Å². The fourth-order valence-corrected chi connectivity index (χ4v) is 1.61. The molecule has 0 radical (unpaired) electrons. The topological polar surface area (TPSA) is 99.1 Å². The third-order valence-corrected chi connectivity index (χ3v) is 2.34. The average Bonchev–Trinajstić information content (AvgIpc) is 2.17. The summed E-state index contributed by atoms with van der Waals surface area (Å²) in [4.78, 5) is 7.87. The Balaban J connectivity index is 2.02. The normalized spacial score (nSPS) is 17.6. The van der Waals surface area contributed by atoms with Crippen molar-refractivity contribution in [3.63, 3.8) is 0 Å². The van der Waals surface area contributed by atoms with E-state index >= 15 is 0 Å². The molecule has 0 saturated carbocycles. The van der Waals surface area contributed by atoms with E-state index in [1.807, 2.05) is 0 Å². The van der Waals surface area contributed by atoms with E-state index in [0.29, 0.717) is 17.7 Å². The molecule has 0 spiro atoms. The first kappa shape index (κ1) is 9.97. The van der Waals surface area contributed by atoms with Crippen LogP contribution in [0.2, 0.25) is 0 Å². The van der Waals surface area contributed by atoms with E-state index in [0.717, 1.165) is 26.1 Å². The maximum atomic E-state index is 5.57. The Kier molecular flexibility index (Phi) is 2.86. The Labute approximate surface area is 88.0 Å². The highest BCUT2D eigenvalue weighted by Crippen LogP contribution is 2.15. The number of hydrogen-bond acceptors (Lipinski definition) is 6. The second-order valence-electron chi connectivity index (χ2n) is 3.57. The second-order valence-corrected chi connectivity index (χ2v) is 3.57. The van der Waals surface area contributed by atoms with E-state index in [9.17, 15) is 0 Å². The SMILES string of the molecule is Nc1cc(NC2CCOCC2)nc(N)n1. The molecule has 1 aromatic rings. The maximum absolute atomic E-state index is 5.57. The molecule has 0 amide bonds. The predicted octanol–water partition coefficient (Wildman–Crippen LogP) is 0.232. The van der Waals surface area contributed by atoms with Crippen LogP contribution in [0.15, 0.2) is 6.07 Å². The van der Waals surface area contributed by atoms with Crippen LogP contribution in [0, 0.1) is 0 Å². The summed E-state index contributed by atoms with van der Waals surface area (Å²) in [6.45, 7) is 1.57. The van der Waals surface area contributed by atoms with Crippen molar-refractivity contribution in [3.8, 4) is 0 Å². The number of nitrogens with one attached hydrogen (secondary N) is 1. The van der Waals surface area contributed by atoms with E-state index in [2.05, 4.69) is 15.3 Å². The monoisotopic (exact) mass is 209 g/mol. The minimum Gasteiger partial charge on any atom is -0.383 e. The summed E-state index contributed by atoms with van der Waals surface area (Å²) in [6.07, 6.45) is 1.95. The van der Waals surface area contributed by atoms with E-state index in [-0.39, 0.29) is 5.95 Å². The first-order valence-electron chi connectivity index (χ1n) is 4.98. The lowest BCUT2D eigenvalue weighted by molar-refractivity contribution is 0.0904. The fourth-order valence-electron chi connectivity index (χ4n) is 1.61. The summed E-state index contributed by atoms with van der Waals surface area (Å²) < 4.78 is 5.26. The van der Waals surface area contributed by atoms with Gasteiger partial charge in [0.15, 0.2) is 0 Å². The van der Waals surface area contributed by atoms with Crippen LogP contribution in [0.3, 0.4) is 0 Å². The lowest BCUT2D eigenvalue weighted by atomic mass is 10.1. The summed E-state index contributed by atoms with van der Waals surface area (Å²) in [7, 11) is 0. The van der Waals surface area contributed by atoms with Crippen molar-refractivity contribution < 1.29 is 4.74 Å². The molecular weight excluding hydrogens is 194 g/mol. The molecular formula is C9H15N5O. The van der Waals surface area contributed by atoms with Crippen LogP contribution in [0.1, 0.15) is 12.8 Å². The quantitative estimate of drug-likeness (QED) is 0.645. The molecule has 2 rings (SSSR count). The minimum absolute atomic E-state index is 0.199. The van der Waals surface area contributed by atoms with E-state index in [1.165, 1.54) is 0 Å². The molecule has 0 unspecified atom stereocenters. The van der Waals surface area contributed by atoms with Crippen LogP contribution in [0.4, 0.5) is 17.6 Å². The van der Waals surface area contributed by atoms with Crippen molar-refractivity contribution in [3.05, 3.63) is 6.07 Å². The van der Waals surface area contributed by atoms with Crippen molar-refractivity contribution in [2.24, 2.45) is 0 Å². The lowest BCUT2D eigenvalue weighted by Crippen LogP contribution is -2.28. The number of ether oxygens (including phenoxy) is 1. The van der Waals surface area contributed by atoms with Crippen LogP contribution in [0.5, 0.6) is 0 Å². The molecule has 82 valence electrons. The van der Waals surface area contributed by atoms with Gasteiger partial charge >= 0.3 is 0 Å². The van der Waals surface area contributed by atoms with Crippen molar-refractivity contribution >= 4 is 17.6 Å². The highest BCUT2D eigenvalue weighted by Gasteiger charge is 2.14. The molecule has 1 saturated heterocycles. The summed E-state index contributed by atoms with van der Waals surface area (Å²) in [5.41, 5.74) is 11.1. The number of nitrogen functional groups attached to an aromatic ring is 2. The molecule has 1 fully saturated rings. The zero-order chi connectivity index (χ0) is 10.7. The number of aromatic nitrogens is 2. The zero-order valence-corrected chi connectivity index (χ0v) is 8.44. The number of nitrogens with zero attached hydrogens (tertiary/aromatic N) is 2. The van der Waals surface area contributed by atoms with E-state index in [4.69, 9.17) is 16.2 Å². The Morgan fingerprint density at radius 3 is 2.67 bits per heavy atom. The molecule has 1 aliphatic heterocycles. The Bertz CT molecular complexity index is 317. The minimum atomic E-state index is 0.199. The molecule has 5 N–H and O–H groups in total. The van der Waals surface area contributed by atoms with Gasteiger partial charge in [-0.1, -0.05) is 0 Å². The average molecular weight is 209 g/mol. The highest BCUT2D eigenvalue weighted by atomic mass is 16.5. The molecule has 0 bridgehead atoms. The summed E-state index contributed by atoms with van der Waals surface area (Å²) >= 11 is 0. The number of hydrogen-bond donors (Lipinski definition) is 3. The smallest absolute Gasteiger partial charge is 0.223 e. The van der Waals surface area contributed by atoms with Gasteiger partial charge in [0.25, 0.3) is 0 Å².